The highest BCUT2D eigenvalue weighted by molar-refractivity contribution is 6.35. The van der Waals surface area contributed by atoms with Crippen molar-refractivity contribution in [2.24, 2.45) is 0 Å². The fourth-order valence-electron chi connectivity index (χ4n) is 3.42. The molecule has 0 aliphatic carbocycles. The number of benzene rings is 2. The van der Waals surface area contributed by atoms with Crippen molar-refractivity contribution in [1.82, 2.24) is 10.2 Å². The van der Waals surface area contributed by atoms with E-state index in [1.165, 1.54) is 25.3 Å². The Hall–Kier alpha value is -2.94. The number of amides is 3. The largest absolute Gasteiger partial charge is 0.452 e. The quantitative estimate of drug-likeness (QED) is 0.325. The number of hydrogen-bond acceptors (Lipinski definition) is 6. The van der Waals surface area contributed by atoms with Crippen LogP contribution in [-0.2, 0) is 14.3 Å². The zero-order chi connectivity index (χ0) is 24.1. The molecule has 0 radical (unpaired) electrons. The zero-order valence-corrected chi connectivity index (χ0v) is 19.5. The van der Waals surface area contributed by atoms with Crippen LogP contribution in [-0.4, -0.2) is 55.5 Å². The molecule has 10 heteroatoms. The number of fused-ring (bicyclic) bond motifs is 1. The maximum Gasteiger partial charge on any atom is 0.338 e. The van der Waals surface area contributed by atoms with Crippen LogP contribution in [0.25, 0.3) is 0 Å². The van der Waals surface area contributed by atoms with Gasteiger partial charge in [0.1, 0.15) is 0 Å². The van der Waals surface area contributed by atoms with E-state index in [1.54, 1.807) is 25.1 Å². The Kier molecular flexibility index (Phi) is 8.07. The van der Waals surface area contributed by atoms with E-state index in [-0.39, 0.29) is 23.2 Å². The monoisotopic (exact) mass is 492 g/mol. The lowest BCUT2D eigenvalue weighted by Crippen LogP contribution is -2.31. The first-order chi connectivity index (χ1) is 15.7. The Bertz CT molecular complexity index is 1100. The van der Waals surface area contributed by atoms with E-state index in [1.807, 2.05) is 0 Å². The van der Waals surface area contributed by atoms with Crippen LogP contribution < -0.4 is 5.32 Å². The Morgan fingerprint density at radius 2 is 1.79 bits per heavy atom. The summed E-state index contributed by atoms with van der Waals surface area (Å²) >= 11 is 12.0. The van der Waals surface area contributed by atoms with Gasteiger partial charge in [-0.25, -0.2) is 4.79 Å². The Labute approximate surface area is 200 Å². The maximum absolute atomic E-state index is 12.6. The Morgan fingerprint density at radius 3 is 2.48 bits per heavy atom. The molecule has 2 aromatic rings. The van der Waals surface area contributed by atoms with Gasteiger partial charge in [0, 0.05) is 30.3 Å². The van der Waals surface area contributed by atoms with Gasteiger partial charge in [-0.05, 0) is 49.2 Å². The molecule has 0 spiro atoms. The number of hydrogen-bond donors (Lipinski definition) is 1. The lowest BCUT2D eigenvalue weighted by atomic mass is 10.1. The van der Waals surface area contributed by atoms with Crippen molar-refractivity contribution < 1.29 is 28.7 Å². The lowest BCUT2D eigenvalue weighted by Gasteiger charge is -2.16. The second-order valence-electron chi connectivity index (χ2n) is 7.40. The molecule has 0 saturated carbocycles. The minimum atomic E-state index is -0.789. The molecule has 1 aliphatic rings. The van der Waals surface area contributed by atoms with Crippen molar-refractivity contribution in [1.29, 1.82) is 0 Å². The number of rotatable bonds is 9. The van der Waals surface area contributed by atoms with Crippen LogP contribution in [0.4, 0.5) is 0 Å². The summed E-state index contributed by atoms with van der Waals surface area (Å²) in [7, 11) is 1.54. The molecule has 33 heavy (non-hydrogen) atoms. The summed E-state index contributed by atoms with van der Waals surface area (Å²) in [4.78, 5) is 50.8. The number of nitrogens with one attached hydrogen (secondary N) is 1. The van der Waals surface area contributed by atoms with Gasteiger partial charge in [0.25, 0.3) is 17.7 Å². The van der Waals surface area contributed by atoms with E-state index in [9.17, 15) is 19.2 Å². The molecule has 1 aliphatic heterocycles. The second kappa shape index (κ2) is 10.8. The average Bonchev–Trinajstić information content (AvgIpc) is 3.01. The van der Waals surface area contributed by atoms with E-state index in [0.29, 0.717) is 28.6 Å². The third-order valence-corrected chi connectivity index (χ3v) is 5.64. The van der Waals surface area contributed by atoms with Gasteiger partial charge in [0.2, 0.25) is 0 Å². The summed E-state index contributed by atoms with van der Waals surface area (Å²) in [5.74, 6) is -2.21. The van der Waals surface area contributed by atoms with Gasteiger partial charge in [0.05, 0.1) is 22.7 Å². The smallest absolute Gasteiger partial charge is 0.338 e. The van der Waals surface area contributed by atoms with E-state index in [4.69, 9.17) is 32.7 Å². The number of nitrogens with zero attached hydrogens (tertiary/aromatic N) is 1. The van der Waals surface area contributed by atoms with Gasteiger partial charge >= 0.3 is 5.97 Å². The predicted molar refractivity (Wildman–Crippen MR) is 122 cm³/mol. The molecular formula is C23H22Cl2N2O6. The molecule has 174 valence electrons. The van der Waals surface area contributed by atoms with Crippen LogP contribution >= 0.6 is 23.2 Å². The highest BCUT2D eigenvalue weighted by atomic mass is 35.5. The number of esters is 1. The van der Waals surface area contributed by atoms with Gasteiger partial charge in [-0.3, -0.25) is 19.3 Å². The molecule has 0 saturated heterocycles. The predicted octanol–water partition coefficient (Wildman–Crippen LogP) is 3.66. The molecule has 1 unspecified atom stereocenters. The topological polar surface area (TPSA) is 102 Å². The third kappa shape index (κ3) is 5.71. The van der Waals surface area contributed by atoms with Crippen LogP contribution in [0.15, 0.2) is 36.4 Å². The van der Waals surface area contributed by atoms with E-state index >= 15 is 0 Å². The normalized spacial score (nSPS) is 13.6. The van der Waals surface area contributed by atoms with Crippen molar-refractivity contribution in [2.45, 2.75) is 19.4 Å². The molecule has 8 nitrogen and oxygen atoms in total. The zero-order valence-electron chi connectivity index (χ0n) is 18.0. The molecule has 0 fully saturated rings. The highest BCUT2D eigenvalue weighted by Gasteiger charge is 2.35. The second-order valence-corrected chi connectivity index (χ2v) is 8.24. The molecular weight excluding hydrogens is 471 g/mol. The summed E-state index contributed by atoms with van der Waals surface area (Å²) in [5, 5.41) is 3.57. The first-order valence-electron chi connectivity index (χ1n) is 10.1. The van der Waals surface area contributed by atoms with Crippen molar-refractivity contribution in [2.75, 3.05) is 26.9 Å². The van der Waals surface area contributed by atoms with E-state index in [0.717, 1.165) is 4.90 Å². The van der Waals surface area contributed by atoms with Gasteiger partial charge in [-0.2, -0.15) is 0 Å². The first-order valence-corrected chi connectivity index (χ1v) is 10.9. The fourth-order valence-corrected chi connectivity index (χ4v) is 3.99. The minimum absolute atomic E-state index is 0.0650. The molecule has 2 aromatic carbocycles. The molecule has 3 rings (SSSR count). The number of halogens is 2. The SMILES string of the molecule is COCCCN1C(=O)c2ccc(C(=O)OCC(=O)NC(C)c3ccc(Cl)cc3Cl)cc2C1=O. The molecule has 1 N–H and O–H groups in total. The molecule has 0 bridgehead atoms. The minimum Gasteiger partial charge on any atom is -0.452 e. The van der Waals surface area contributed by atoms with Crippen molar-refractivity contribution in [3.63, 3.8) is 0 Å². The Morgan fingerprint density at radius 1 is 1.06 bits per heavy atom. The molecule has 1 atom stereocenters. The number of ether oxygens (including phenoxy) is 2. The number of carbonyl (C=O) groups is 4. The van der Waals surface area contributed by atoms with Gasteiger partial charge in [-0.1, -0.05) is 29.3 Å². The van der Waals surface area contributed by atoms with Crippen LogP contribution in [0.2, 0.25) is 10.0 Å². The summed E-state index contributed by atoms with van der Waals surface area (Å²) in [5.41, 5.74) is 1.08. The van der Waals surface area contributed by atoms with Gasteiger partial charge in [0.15, 0.2) is 6.61 Å². The standard InChI is InChI=1S/C23H22Cl2N2O6/c1-13(16-7-5-15(24)11-19(16)25)26-20(28)12-33-23(31)14-4-6-17-18(10-14)22(30)27(21(17)29)8-3-9-32-2/h4-7,10-11,13H,3,8-9,12H2,1-2H3,(H,26,28). The van der Waals surface area contributed by atoms with Crippen LogP contribution in [0.1, 0.15) is 56.0 Å². The van der Waals surface area contributed by atoms with Crippen LogP contribution in [0.3, 0.4) is 0 Å². The fraction of sp³-hybridized carbons (Fsp3) is 0.304. The average molecular weight is 493 g/mol. The summed E-state index contributed by atoms with van der Waals surface area (Å²) in [6.45, 7) is 1.84. The van der Waals surface area contributed by atoms with E-state index in [2.05, 4.69) is 5.32 Å². The highest BCUT2D eigenvalue weighted by Crippen LogP contribution is 2.26. The molecule has 1 heterocycles. The van der Waals surface area contributed by atoms with Crippen molar-refractivity contribution >= 4 is 46.9 Å². The Balaban J connectivity index is 1.59. The maximum atomic E-state index is 12.6. The summed E-state index contributed by atoms with van der Waals surface area (Å²) < 4.78 is 10.0. The van der Waals surface area contributed by atoms with E-state index < -0.39 is 36.3 Å². The lowest BCUT2D eigenvalue weighted by molar-refractivity contribution is -0.124. The van der Waals surface area contributed by atoms with Crippen molar-refractivity contribution in [3.05, 3.63) is 68.7 Å². The first kappa shape index (κ1) is 24.7. The van der Waals surface area contributed by atoms with Crippen LogP contribution in [0.5, 0.6) is 0 Å². The number of methoxy groups -OCH3 is 1. The van der Waals surface area contributed by atoms with Gasteiger partial charge < -0.3 is 14.8 Å². The van der Waals surface area contributed by atoms with Crippen LogP contribution in [0, 0.1) is 0 Å². The van der Waals surface area contributed by atoms with Crippen molar-refractivity contribution in [3.8, 4) is 0 Å². The molecule has 0 aromatic heterocycles. The number of imide groups is 1. The third-order valence-electron chi connectivity index (χ3n) is 5.08. The molecule has 3 amide bonds. The number of carbonyl (C=O) groups excluding carboxylic acids is 4. The summed E-state index contributed by atoms with van der Waals surface area (Å²) in [6.07, 6.45) is 0.506. The van der Waals surface area contributed by atoms with Gasteiger partial charge in [-0.15, -0.1) is 0 Å². The summed E-state index contributed by atoms with van der Waals surface area (Å²) in [6, 6.07) is 8.59.